The zero-order valence-corrected chi connectivity index (χ0v) is 16.6. The number of quaternary nitrogens is 2. The number of benzene rings is 2. The zero-order chi connectivity index (χ0) is 19.8. The lowest BCUT2D eigenvalue weighted by atomic mass is 10.1. The van der Waals surface area contributed by atoms with Gasteiger partial charge < -0.3 is 14.5 Å². The van der Waals surface area contributed by atoms with Crippen LogP contribution in [0.5, 0.6) is 5.75 Å². The molecule has 29 heavy (non-hydrogen) atoms. The van der Waals surface area contributed by atoms with Crippen molar-refractivity contribution < 1.29 is 24.1 Å². The number of nitrogens with one attached hydrogen (secondary N) is 2. The number of carbonyl (C=O) groups is 2. The van der Waals surface area contributed by atoms with Crippen molar-refractivity contribution in [2.24, 2.45) is 0 Å². The van der Waals surface area contributed by atoms with Crippen LogP contribution in [-0.2, 0) is 13.0 Å². The van der Waals surface area contributed by atoms with Gasteiger partial charge in [0.05, 0.1) is 30.8 Å². The molecule has 1 saturated heterocycles. The molecule has 3 heterocycles. The van der Waals surface area contributed by atoms with E-state index < -0.39 is 0 Å². The molecule has 0 unspecified atom stereocenters. The number of hydrogen-bond acceptors (Lipinski definition) is 3. The van der Waals surface area contributed by atoms with E-state index in [0.717, 1.165) is 58.0 Å². The molecule has 2 amide bonds. The monoisotopic (exact) mass is 393 g/mol. The molecule has 2 N–H and O–H groups in total. The van der Waals surface area contributed by atoms with Gasteiger partial charge in [-0.1, -0.05) is 12.1 Å². The number of amides is 2. The molecule has 5 rings (SSSR count). The Morgan fingerprint density at radius 1 is 0.897 bits per heavy atom. The van der Waals surface area contributed by atoms with Crippen molar-refractivity contribution >= 4 is 11.8 Å². The van der Waals surface area contributed by atoms with E-state index in [2.05, 4.69) is 18.2 Å². The molecule has 0 radical (unpaired) electrons. The molecule has 150 valence electrons. The lowest BCUT2D eigenvalue weighted by molar-refractivity contribution is -1.02. The van der Waals surface area contributed by atoms with Gasteiger partial charge in [0.15, 0.2) is 0 Å². The summed E-state index contributed by atoms with van der Waals surface area (Å²) in [6.45, 7) is 7.58. The molecule has 0 atom stereocenters. The molecule has 2 aromatic carbocycles. The molecule has 0 aliphatic carbocycles. The molecular formula is C23H27N3O3+2. The zero-order valence-electron chi connectivity index (χ0n) is 16.6. The summed E-state index contributed by atoms with van der Waals surface area (Å²) in [5.41, 5.74) is 3.81. The fraction of sp³-hybridized carbons (Fsp3) is 0.391. The summed E-state index contributed by atoms with van der Waals surface area (Å²) >= 11 is 0. The van der Waals surface area contributed by atoms with E-state index in [1.165, 1.54) is 20.9 Å². The van der Waals surface area contributed by atoms with Gasteiger partial charge in [0.25, 0.3) is 11.8 Å². The lowest BCUT2D eigenvalue weighted by Gasteiger charge is -2.30. The van der Waals surface area contributed by atoms with E-state index in [1.807, 2.05) is 12.1 Å². The summed E-state index contributed by atoms with van der Waals surface area (Å²) in [6, 6.07) is 13.7. The van der Waals surface area contributed by atoms with Crippen molar-refractivity contribution in [3.63, 3.8) is 0 Å². The van der Waals surface area contributed by atoms with Gasteiger partial charge in [-0.05, 0) is 35.9 Å². The highest BCUT2D eigenvalue weighted by Crippen LogP contribution is 2.25. The van der Waals surface area contributed by atoms with Crippen LogP contribution in [0.3, 0.4) is 0 Å². The second-order valence-corrected chi connectivity index (χ2v) is 8.27. The number of ether oxygens (including phenoxy) is 1. The van der Waals surface area contributed by atoms with E-state index in [4.69, 9.17) is 4.74 Å². The molecule has 0 bridgehead atoms. The van der Waals surface area contributed by atoms with Crippen molar-refractivity contribution in [2.45, 2.75) is 13.0 Å². The number of imide groups is 1. The summed E-state index contributed by atoms with van der Waals surface area (Å²) in [7, 11) is 0. The van der Waals surface area contributed by atoms with Crippen molar-refractivity contribution in [3.8, 4) is 5.75 Å². The highest BCUT2D eigenvalue weighted by Gasteiger charge is 2.36. The predicted octanol–water partition coefficient (Wildman–Crippen LogP) is -0.799. The van der Waals surface area contributed by atoms with Crippen LogP contribution in [-0.4, -0.2) is 62.6 Å². The molecule has 1 fully saturated rings. The lowest BCUT2D eigenvalue weighted by Crippen LogP contribution is -3.27. The van der Waals surface area contributed by atoms with E-state index in [-0.39, 0.29) is 11.8 Å². The molecule has 0 aromatic heterocycles. The van der Waals surface area contributed by atoms with Gasteiger partial charge in [-0.25, -0.2) is 0 Å². The number of hydrogen-bond donors (Lipinski definition) is 2. The minimum absolute atomic E-state index is 0.144. The highest BCUT2D eigenvalue weighted by molar-refractivity contribution is 6.21. The molecule has 2 aromatic rings. The van der Waals surface area contributed by atoms with Gasteiger partial charge in [0.2, 0.25) is 0 Å². The first-order valence-corrected chi connectivity index (χ1v) is 10.6. The molecule has 3 aliphatic heterocycles. The third kappa shape index (κ3) is 3.54. The largest absolute Gasteiger partial charge is 0.493 e. The Balaban J connectivity index is 1.11. The van der Waals surface area contributed by atoms with E-state index in [1.54, 1.807) is 17.0 Å². The fourth-order valence-corrected chi connectivity index (χ4v) is 4.73. The molecular weight excluding hydrogens is 366 g/mol. The summed E-state index contributed by atoms with van der Waals surface area (Å²) in [4.78, 5) is 29.5. The van der Waals surface area contributed by atoms with Crippen LogP contribution < -0.4 is 14.5 Å². The smallest absolute Gasteiger partial charge is 0.261 e. The summed E-state index contributed by atoms with van der Waals surface area (Å²) in [5.74, 6) is 0.760. The number of fused-ring (bicyclic) bond motifs is 2. The Bertz CT molecular complexity index is 915. The molecule has 6 nitrogen and oxygen atoms in total. The van der Waals surface area contributed by atoms with Crippen LogP contribution in [0.15, 0.2) is 42.5 Å². The molecule has 0 saturated carbocycles. The Morgan fingerprint density at radius 2 is 1.59 bits per heavy atom. The van der Waals surface area contributed by atoms with Crippen molar-refractivity contribution in [3.05, 3.63) is 64.7 Å². The van der Waals surface area contributed by atoms with Crippen LogP contribution in [0.25, 0.3) is 0 Å². The van der Waals surface area contributed by atoms with Gasteiger partial charge in [-0.15, -0.1) is 0 Å². The van der Waals surface area contributed by atoms with Crippen molar-refractivity contribution in [2.75, 3.05) is 45.9 Å². The quantitative estimate of drug-likeness (QED) is 0.654. The second kappa shape index (κ2) is 7.61. The maximum absolute atomic E-state index is 12.5. The first-order valence-electron chi connectivity index (χ1n) is 10.6. The fourth-order valence-electron chi connectivity index (χ4n) is 4.73. The average Bonchev–Trinajstić information content (AvgIpc) is 3.31. The number of carbonyl (C=O) groups excluding carboxylic acids is 2. The van der Waals surface area contributed by atoms with Gasteiger partial charge >= 0.3 is 0 Å². The maximum atomic E-state index is 12.5. The predicted molar refractivity (Wildman–Crippen MR) is 107 cm³/mol. The standard InChI is InChI=1S/C23H25N3O3/c27-22-19-3-1-2-4-20(19)23(28)26(22)13-12-24-8-10-25(11-9-24)16-17-5-6-21-18(15-17)7-14-29-21/h1-6,15H,7-14,16H2/p+2. The van der Waals surface area contributed by atoms with Crippen molar-refractivity contribution in [1.29, 1.82) is 0 Å². The molecule has 6 heteroatoms. The van der Waals surface area contributed by atoms with E-state index >= 15 is 0 Å². The molecule has 0 spiro atoms. The third-order valence-corrected chi connectivity index (χ3v) is 6.44. The maximum Gasteiger partial charge on any atom is 0.261 e. The Hall–Kier alpha value is -2.70. The SMILES string of the molecule is O=C1c2ccccc2C(=O)N1CC[NH+]1CC[NH+](Cc2ccc3c(c2)CCO3)CC1. The van der Waals surface area contributed by atoms with Crippen LogP contribution in [0.2, 0.25) is 0 Å². The Kier molecular flexibility index (Phi) is 4.81. The number of rotatable bonds is 5. The Labute approximate surface area is 170 Å². The summed E-state index contributed by atoms with van der Waals surface area (Å²) in [5, 5.41) is 0. The van der Waals surface area contributed by atoms with Crippen LogP contribution >= 0.6 is 0 Å². The first-order chi connectivity index (χ1) is 14.2. The topological polar surface area (TPSA) is 55.5 Å². The minimum Gasteiger partial charge on any atom is -0.493 e. The minimum atomic E-state index is -0.144. The van der Waals surface area contributed by atoms with Gasteiger partial charge in [-0.2, -0.15) is 0 Å². The van der Waals surface area contributed by atoms with E-state index in [9.17, 15) is 9.59 Å². The average molecular weight is 393 g/mol. The van der Waals surface area contributed by atoms with Crippen LogP contribution in [0.4, 0.5) is 0 Å². The Morgan fingerprint density at radius 3 is 2.31 bits per heavy atom. The molecule has 3 aliphatic rings. The summed E-state index contributed by atoms with van der Waals surface area (Å²) in [6.07, 6.45) is 1.02. The van der Waals surface area contributed by atoms with Gasteiger partial charge in [0.1, 0.15) is 38.5 Å². The highest BCUT2D eigenvalue weighted by atomic mass is 16.5. The van der Waals surface area contributed by atoms with Crippen LogP contribution in [0.1, 0.15) is 31.8 Å². The second-order valence-electron chi connectivity index (χ2n) is 8.27. The third-order valence-electron chi connectivity index (χ3n) is 6.44. The normalized spacial score (nSPS) is 23.1. The van der Waals surface area contributed by atoms with Crippen molar-refractivity contribution in [1.82, 2.24) is 4.90 Å². The summed E-state index contributed by atoms with van der Waals surface area (Å²) < 4.78 is 5.60. The van der Waals surface area contributed by atoms with Gasteiger partial charge in [0, 0.05) is 12.0 Å². The number of nitrogens with zero attached hydrogens (tertiary/aromatic N) is 1. The van der Waals surface area contributed by atoms with Gasteiger partial charge in [-0.3, -0.25) is 14.5 Å². The van der Waals surface area contributed by atoms with E-state index in [0.29, 0.717) is 17.7 Å². The number of piperazine rings is 1. The van der Waals surface area contributed by atoms with Crippen LogP contribution in [0, 0.1) is 0 Å². The first kappa shape index (κ1) is 18.3.